The zero-order valence-corrected chi connectivity index (χ0v) is 11.0. The minimum atomic E-state index is -0.200. The van der Waals surface area contributed by atoms with Crippen LogP contribution in [-0.4, -0.2) is 24.9 Å². The van der Waals surface area contributed by atoms with Gasteiger partial charge in [-0.1, -0.05) is 25.0 Å². The Bertz CT molecular complexity index is 363. The molecule has 0 heterocycles. The van der Waals surface area contributed by atoms with Crippen LogP contribution in [0.25, 0.3) is 0 Å². The molecule has 0 saturated heterocycles. The lowest BCUT2D eigenvalue weighted by Crippen LogP contribution is -2.33. The van der Waals surface area contributed by atoms with Gasteiger partial charge >= 0.3 is 0 Å². The van der Waals surface area contributed by atoms with Gasteiger partial charge in [0.05, 0.1) is 13.2 Å². The maximum absolute atomic E-state index is 10.2. The third-order valence-corrected chi connectivity index (χ3v) is 4.10. The molecule has 1 saturated carbocycles. The Balaban J connectivity index is 2.15. The number of rotatable bonds is 4. The molecule has 0 unspecified atom stereocenters. The van der Waals surface area contributed by atoms with E-state index in [9.17, 15) is 5.11 Å². The zero-order chi connectivity index (χ0) is 13.0. The van der Waals surface area contributed by atoms with Crippen LogP contribution >= 0.6 is 0 Å². The average Bonchev–Trinajstić information content (AvgIpc) is 2.42. The van der Waals surface area contributed by atoms with Crippen molar-refractivity contribution in [3.63, 3.8) is 0 Å². The summed E-state index contributed by atoms with van der Waals surface area (Å²) in [5.41, 5.74) is 7.14. The van der Waals surface area contributed by atoms with Crippen molar-refractivity contribution in [2.45, 2.75) is 37.7 Å². The monoisotopic (exact) mass is 249 g/mol. The third kappa shape index (κ3) is 2.85. The Kier molecular flexibility index (Phi) is 4.61. The van der Waals surface area contributed by atoms with Gasteiger partial charge in [0.1, 0.15) is 5.75 Å². The highest BCUT2D eigenvalue weighted by atomic mass is 16.5. The van der Waals surface area contributed by atoms with Crippen molar-refractivity contribution in [1.29, 1.82) is 0 Å². The van der Waals surface area contributed by atoms with Crippen LogP contribution in [0.2, 0.25) is 0 Å². The number of hydrogen-bond acceptors (Lipinski definition) is 3. The minimum Gasteiger partial charge on any atom is -0.497 e. The molecule has 0 aromatic heterocycles. The Morgan fingerprint density at radius 1 is 1.28 bits per heavy atom. The lowest BCUT2D eigenvalue weighted by molar-refractivity contribution is 0.0561. The molecule has 2 rings (SSSR count). The number of aliphatic hydroxyl groups is 1. The molecule has 0 bridgehead atoms. The normalized spacial score (nSPS) is 25.7. The van der Waals surface area contributed by atoms with E-state index in [0.29, 0.717) is 12.5 Å². The summed E-state index contributed by atoms with van der Waals surface area (Å²) >= 11 is 0. The van der Waals surface area contributed by atoms with Gasteiger partial charge in [-0.2, -0.15) is 0 Å². The van der Waals surface area contributed by atoms with Crippen LogP contribution in [-0.2, 0) is 0 Å². The van der Waals surface area contributed by atoms with Crippen molar-refractivity contribution < 1.29 is 9.84 Å². The van der Waals surface area contributed by atoms with Crippen LogP contribution < -0.4 is 10.5 Å². The van der Waals surface area contributed by atoms with Gasteiger partial charge in [0.2, 0.25) is 0 Å². The Morgan fingerprint density at radius 3 is 2.50 bits per heavy atom. The first kappa shape index (κ1) is 13.4. The van der Waals surface area contributed by atoms with E-state index in [-0.39, 0.29) is 12.0 Å². The van der Waals surface area contributed by atoms with Gasteiger partial charge in [-0.05, 0) is 43.0 Å². The zero-order valence-electron chi connectivity index (χ0n) is 11.0. The molecular formula is C15H23NO2. The van der Waals surface area contributed by atoms with Crippen molar-refractivity contribution in [2.75, 3.05) is 13.7 Å². The first-order valence-corrected chi connectivity index (χ1v) is 6.78. The Hall–Kier alpha value is -1.06. The summed E-state index contributed by atoms with van der Waals surface area (Å²) in [4.78, 5) is 0. The molecule has 1 aliphatic rings. The highest BCUT2D eigenvalue weighted by molar-refractivity contribution is 5.30. The standard InChI is InChI=1S/C15H23NO2/c1-18-12-8-6-11(7-9-12)14(10-16)13-4-2-3-5-15(13)17/h6-9,13-15,17H,2-5,10,16H2,1H3/t13-,14-,15-/m0/s1. The average molecular weight is 249 g/mol. The molecule has 1 fully saturated rings. The quantitative estimate of drug-likeness (QED) is 0.860. The lowest BCUT2D eigenvalue weighted by atomic mass is 9.75. The van der Waals surface area contributed by atoms with Crippen LogP contribution in [0.4, 0.5) is 0 Å². The number of aliphatic hydroxyl groups excluding tert-OH is 1. The van der Waals surface area contributed by atoms with Gasteiger partial charge in [-0.25, -0.2) is 0 Å². The summed E-state index contributed by atoms with van der Waals surface area (Å²) in [6, 6.07) is 8.07. The van der Waals surface area contributed by atoms with Crippen LogP contribution in [0.5, 0.6) is 5.75 Å². The molecule has 3 nitrogen and oxygen atoms in total. The number of methoxy groups -OCH3 is 1. The Labute approximate surface area is 109 Å². The maximum Gasteiger partial charge on any atom is 0.118 e. The predicted octanol–water partition coefficient (Wildman–Crippen LogP) is 2.29. The lowest BCUT2D eigenvalue weighted by Gasteiger charge is -2.34. The molecule has 1 aromatic rings. The van der Waals surface area contributed by atoms with E-state index >= 15 is 0 Å². The molecule has 0 spiro atoms. The molecule has 100 valence electrons. The first-order valence-electron chi connectivity index (χ1n) is 6.78. The summed E-state index contributed by atoms with van der Waals surface area (Å²) in [6.07, 6.45) is 4.13. The van der Waals surface area contributed by atoms with Crippen molar-refractivity contribution in [1.82, 2.24) is 0 Å². The van der Waals surface area contributed by atoms with Gasteiger partial charge in [0.15, 0.2) is 0 Å². The molecule has 0 aliphatic heterocycles. The predicted molar refractivity (Wildman–Crippen MR) is 72.8 cm³/mol. The van der Waals surface area contributed by atoms with Crippen molar-refractivity contribution >= 4 is 0 Å². The summed E-state index contributed by atoms with van der Waals surface area (Å²) in [6.45, 7) is 0.591. The maximum atomic E-state index is 10.2. The van der Waals surface area contributed by atoms with Gasteiger partial charge in [0, 0.05) is 5.92 Å². The van der Waals surface area contributed by atoms with Crippen molar-refractivity contribution in [3.05, 3.63) is 29.8 Å². The highest BCUT2D eigenvalue weighted by Gasteiger charge is 2.30. The fraction of sp³-hybridized carbons (Fsp3) is 0.600. The molecule has 1 aliphatic carbocycles. The summed E-state index contributed by atoms with van der Waals surface area (Å²) in [7, 11) is 1.67. The minimum absolute atomic E-state index is 0.200. The molecule has 18 heavy (non-hydrogen) atoms. The molecule has 3 atom stereocenters. The first-order chi connectivity index (χ1) is 8.76. The fourth-order valence-corrected chi connectivity index (χ4v) is 3.02. The molecule has 0 amide bonds. The van der Waals surface area contributed by atoms with Gasteiger partial charge in [0.25, 0.3) is 0 Å². The second-order valence-electron chi connectivity index (χ2n) is 5.13. The second kappa shape index (κ2) is 6.21. The number of hydrogen-bond donors (Lipinski definition) is 2. The number of benzene rings is 1. The molecule has 3 N–H and O–H groups in total. The van der Waals surface area contributed by atoms with E-state index in [2.05, 4.69) is 12.1 Å². The molecule has 3 heteroatoms. The number of nitrogens with two attached hydrogens (primary N) is 1. The Morgan fingerprint density at radius 2 is 1.94 bits per heavy atom. The van der Waals surface area contributed by atoms with Gasteiger partial charge < -0.3 is 15.6 Å². The summed E-state index contributed by atoms with van der Waals surface area (Å²) in [5.74, 6) is 1.42. The third-order valence-electron chi connectivity index (χ3n) is 4.10. The summed E-state index contributed by atoms with van der Waals surface area (Å²) < 4.78 is 5.17. The van der Waals surface area contributed by atoms with Crippen molar-refractivity contribution in [3.8, 4) is 5.75 Å². The van der Waals surface area contributed by atoms with E-state index in [0.717, 1.165) is 25.0 Å². The van der Waals surface area contributed by atoms with Crippen molar-refractivity contribution in [2.24, 2.45) is 11.7 Å². The van der Waals surface area contributed by atoms with E-state index in [1.54, 1.807) is 7.11 Å². The SMILES string of the molecule is COc1ccc([C@H](CN)[C@@H]2CCCC[C@@H]2O)cc1. The van der Waals surface area contributed by atoms with Crippen LogP contribution in [0.15, 0.2) is 24.3 Å². The topological polar surface area (TPSA) is 55.5 Å². The molecule has 1 aromatic carbocycles. The van der Waals surface area contributed by atoms with E-state index in [1.165, 1.54) is 12.0 Å². The smallest absolute Gasteiger partial charge is 0.118 e. The van der Waals surface area contributed by atoms with E-state index in [4.69, 9.17) is 10.5 Å². The largest absolute Gasteiger partial charge is 0.497 e. The van der Waals surface area contributed by atoms with Crippen LogP contribution in [0.3, 0.4) is 0 Å². The van der Waals surface area contributed by atoms with E-state index < -0.39 is 0 Å². The van der Waals surface area contributed by atoms with Gasteiger partial charge in [-0.3, -0.25) is 0 Å². The second-order valence-corrected chi connectivity index (χ2v) is 5.13. The summed E-state index contributed by atoms with van der Waals surface area (Å²) in [5, 5.41) is 10.2. The number of ether oxygens (including phenoxy) is 1. The fourth-order valence-electron chi connectivity index (χ4n) is 3.02. The van der Waals surface area contributed by atoms with Crippen LogP contribution in [0.1, 0.15) is 37.2 Å². The molecular weight excluding hydrogens is 226 g/mol. The van der Waals surface area contributed by atoms with E-state index in [1.807, 2.05) is 12.1 Å². The van der Waals surface area contributed by atoms with Gasteiger partial charge in [-0.15, -0.1) is 0 Å². The highest BCUT2D eigenvalue weighted by Crippen LogP contribution is 2.36. The molecule has 0 radical (unpaired) electrons. The van der Waals surface area contributed by atoms with Crippen LogP contribution in [0, 0.1) is 5.92 Å².